The molecule has 0 atom stereocenters. The number of aromatic nitrogens is 1. The zero-order chi connectivity index (χ0) is 15.6. The molecule has 0 spiro atoms. The quantitative estimate of drug-likeness (QED) is 0.663. The van der Waals surface area contributed by atoms with Crippen LogP contribution in [0.5, 0.6) is 0 Å². The van der Waals surface area contributed by atoms with Crippen LogP contribution in [0.25, 0.3) is 0 Å². The minimum absolute atomic E-state index is 0.146. The molecule has 21 heavy (non-hydrogen) atoms. The largest absolute Gasteiger partial charge is 0.477 e. The predicted molar refractivity (Wildman–Crippen MR) is 70.2 cm³/mol. The first-order valence-corrected chi connectivity index (χ1v) is 5.70. The molecule has 9 nitrogen and oxygen atoms in total. The van der Waals surface area contributed by atoms with Crippen molar-refractivity contribution in [2.24, 2.45) is 0 Å². The van der Waals surface area contributed by atoms with Crippen LogP contribution in [0.4, 0.5) is 11.4 Å². The van der Waals surface area contributed by atoms with Gasteiger partial charge in [-0.1, -0.05) is 18.2 Å². The van der Waals surface area contributed by atoms with Gasteiger partial charge < -0.3 is 9.67 Å². The minimum Gasteiger partial charge on any atom is -0.477 e. The van der Waals surface area contributed by atoms with Crippen molar-refractivity contribution >= 4 is 17.3 Å². The van der Waals surface area contributed by atoms with Gasteiger partial charge in [0.1, 0.15) is 5.69 Å². The number of rotatable bonds is 5. The van der Waals surface area contributed by atoms with E-state index in [-0.39, 0.29) is 29.2 Å². The lowest BCUT2D eigenvalue weighted by Crippen LogP contribution is -2.09. The molecule has 0 aliphatic rings. The molecule has 2 aromatic rings. The molecule has 0 radical (unpaired) electrons. The molecule has 0 unspecified atom stereocenters. The standard InChI is InChI=1S/C12H9N3O6/c16-12(17)11-5-9(14(18)19)7-13(11)6-8-3-1-2-4-10(8)15(20)21/h1-5,7H,6H2,(H,16,17). The molecule has 9 heteroatoms. The molecular formula is C12H9N3O6. The maximum atomic E-state index is 11.1. The molecule has 2 rings (SSSR count). The maximum absolute atomic E-state index is 11.1. The second-order valence-electron chi connectivity index (χ2n) is 4.16. The van der Waals surface area contributed by atoms with Crippen molar-refractivity contribution in [3.8, 4) is 0 Å². The smallest absolute Gasteiger partial charge is 0.352 e. The van der Waals surface area contributed by atoms with E-state index in [9.17, 15) is 25.0 Å². The number of nitro groups is 2. The molecule has 0 aliphatic heterocycles. The molecule has 1 aromatic heterocycles. The summed E-state index contributed by atoms with van der Waals surface area (Å²) < 4.78 is 1.10. The molecule has 0 saturated heterocycles. The highest BCUT2D eigenvalue weighted by molar-refractivity contribution is 5.87. The van der Waals surface area contributed by atoms with Gasteiger partial charge in [-0.05, 0) is 0 Å². The van der Waals surface area contributed by atoms with Crippen LogP contribution in [-0.4, -0.2) is 25.5 Å². The van der Waals surface area contributed by atoms with Gasteiger partial charge >= 0.3 is 5.97 Å². The summed E-state index contributed by atoms with van der Waals surface area (Å²) in [6, 6.07) is 6.72. The Morgan fingerprint density at radius 1 is 1.19 bits per heavy atom. The number of carbonyl (C=O) groups is 1. The molecule has 0 aliphatic carbocycles. The average Bonchev–Trinajstić information content (AvgIpc) is 2.83. The van der Waals surface area contributed by atoms with E-state index in [0.717, 1.165) is 16.8 Å². The summed E-state index contributed by atoms with van der Waals surface area (Å²) in [5.74, 6) is -1.35. The highest BCUT2D eigenvalue weighted by Crippen LogP contribution is 2.22. The Bertz CT molecular complexity index is 736. The second-order valence-corrected chi connectivity index (χ2v) is 4.16. The molecular weight excluding hydrogens is 282 g/mol. The Kier molecular flexibility index (Phi) is 3.65. The number of hydrogen-bond donors (Lipinski definition) is 1. The van der Waals surface area contributed by atoms with E-state index in [4.69, 9.17) is 5.11 Å². The number of aromatic carboxylic acids is 1. The first-order valence-electron chi connectivity index (χ1n) is 5.70. The van der Waals surface area contributed by atoms with Gasteiger partial charge in [0.05, 0.1) is 22.6 Å². The third-order valence-electron chi connectivity index (χ3n) is 2.84. The lowest BCUT2D eigenvalue weighted by atomic mass is 10.2. The average molecular weight is 291 g/mol. The lowest BCUT2D eigenvalue weighted by Gasteiger charge is -2.06. The van der Waals surface area contributed by atoms with Crippen molar-refractivity contribution in [1.82, 2.24) is 4.57 Å². The Labute approximate surface area is 117 Å². The molecule has 1 heterocycles. The third kappa shape index (κ3) is 2.86. The van der Waals surface area contributed by atoms with Gasteiger partial charge in [-0.3, -0.25) is 20.2 Å². The van der Waals surface area contributed by atoms with E-state index in [2.05, 4.69) is 0 Å². The normalized spacial score (nSPS) is 10.3. The van der Waals surface area contributed by atoms with Gasteiger partial charge in [0.25, 0.3) is 11.4 Å². The van der Waals surface area contributed by atoms with Gasteiger partial charge in [-0.2, -0.15) is 0 Å². The van der Waals surface area contributed by atoms with Gasteiger partial charge in [0, 0.05) is 17.7 Å². The van der Waals surface area contributed by atoms with Crippen molar-refractivity contribution in [2.75, 3.05) is 0 Å². The van der Waals surface area contributed by atoms with Crippen LogP contribution in [0.3, 0.4) is 0 Å². The summed E-state index contributed by atoms with van der Waals surface area (Å²) in [6.45, 7) is -0.146. The van der Waals surface area contributed by atoms with Crippen molar-refractivity contribution in [1.29, 1.82) is 0 Å². The zero-order valence-electron chi connectivity index (χ0n) is 10.5. The van der Waals surface area contributed by atoms with Crippen LogP contribution in [0, 0.1) is 20.2 Å². The molecule has 1 aromatic carbocycles. The molecule has 0 fully saturated rings. The predicted octanol–water partition coefficient (Wildman–Crippen LogP) is 2.05. The van der Waals surface area contributed by atoms with Crippen molar-refractivity contribution in [3.63, 3.8) is 0 Å². The number of hydrogen-bond acceptors (Lipinski definition) is 5. The maximum Gasteiger partial charge on any atom is 0.352 e. The summed E-state index contributed by atoms with van der Waals surface area (Å²) in [6.07, 6.45) is 1.04. The molecule has 0 saturated carbocycles. The zero-order valence-corrected chi connectivity index (χ0v) is 10.5. The molecule has 0 amide bonds. The van der Waals surface area contributed by atoms with Crippen molar-refractivity contribution in [3.05, 3.63) is 68.0 Å². The number of para-hydroxylation sites is 1. The summed E-state index contributed by atoms with van der Waals surface area (Å²) in [7, 11) is 0. The highest BCUT2D eigenvalue weighted by Gasteiger charge is 2.21. The van der Waals surface area contributed by atoms with Crippen LogP contribution in [-0.2, 0) is 6.54 Å². The number of nitrogens with zero attached hydrogens (tertiary/aromatic N) is 3. The van der Waals surface area contributed by atoms with Gasteiger partial charge in [0.2, 0.25) is 0 Å². The monoisotopic (exact) mass is 291 g/mol. The van der Waals surface area contributed by atoms with Crippen molar-refractivity contribution in [2.45, 2.75) is 6.54 Å². The summed E-state index contributed by atoms with van der Waals surface area (Å²) in [5, 5.41) is 30.7. The summed E-state index contributed by atoms with van der Waals surface area (Å²) in [5.41, 5.74) is -0.605. The molecule has 108 valence electrons. The van der Waals surface area contributed by atoms with E-state index in [1.807, 2.05) is 0 Å². The van der Waals surface area contributed by atoms with Crippen LogP contribution in [0.2, 0.25) is 0 Å². The third-order valence-corrected chi connectivity index (χ3v) is 2.84. The highest BCUT2D eigenvalue weighted by atomic mass is 16.6. The van der Waals surface area contributed by atoms with Crippen LogP contribution in [0.15, 0.2) is 36.5 Å². The fraction of sp³-hybridized carbons (Fsp3) is 0.0833. The number of carboxylic acids is 1. The Morgan fingerprint density at radius 3 is 2.43 bits per heavy atom. The summed E-state index contributed by atoms with van der Waals surface area (Å²) in [4.78, 5) is 31.4. The van der Waals surface area contributed by atoms with Gasteiger partial charge in [0.15, 0.2) is 0 Å². The van der Waals surface area contributed by atoms with Crippen LogP contribution >= 0.6 is 0 Å². The second kappa shape index (κ2) is 5.41. The fourth-order valence-electron chi connectivity index (χ4n) is 1.91. The van der Waals surface area contributed by atoms with E-state index in [0.29, 0.717) is 0 Å². The topological polar surface area (TPSA) is 129 Å². The number of carboxylic acid groups (broad SMARTS) is 1. The molecule has 0 bridgehead atoms. The Hall–Kier alpha value is -3.23. The first-order chi connectivity index (χ1) is 9.90. The minimum atomic E-state index is -1.35. The SMILES string of the molecule is O=C(O)c1cc([N+](=O)[O-])cn1Cc1ccccc1[N+](=O)[O-]. The van der Waals surface area contributed by atoms with Gasteiger partial charge in [-0.15, -0.1) is 0 Å². The fourth-order valence-corrected chi connectivity index (χ4v) is 1.91. The summed E-state index contributed by atoms with van der Waals surface area (Å²) >= 11 is 0. The van der Waals surface area contributed by atoms with Crippen molar-refractivity contribution < 1.29 is 19.7 Å². The first kappa shape index (κ1) is 14.2. The Morgan fingerprint density at radius 2 is 1.86 bits per heavy atom. The van der Waals surface area contributed by atoms with E-state index in [1.165, 1.54) is 18.2 Å². The van der Waals surface area contributed by atoms with E-state index in [1.54, 1.807) is 6.07 Å². The lowest BCUT2D eigenvalue weighted by molar-refractivity contribution is -0.385. The molecule has 1 N–H and O–H groups in total. The van der Waals surface area contributed by atoms with Gasteiger partial charge in [-0.25, -0.2) is 4.79 Å². The van der Waals surface area contributed by atoms with Crippen LogP contribution in [0.1, 0.15) is 16.1 Å². The number of benzene rings is 1. The van der Waals surface area contributed by atoms with E-state index >= 15 is 0 Å². The van der Waals surface area contributed by atoms with E-state index < -0.39 is 15.8 Å². The number of nitro benzene ring substituents is 1. The Balaban J connectivity index is 2.46. The van der Waals surface area contributed by atoms with Crippen LogP contribution < -0.4 is 0 Å².